The van der Waals surface area contributed by atoms with Gasteiger partial charge in [-0.25, -0.2) is 13.1 Å². The molecular weight excluding hydrogens is 288 g/mol. The molecule has 6 heteroatoms. The third-order valence-corrected chi connectivity index (χ3v) is 5.09. The highest BCUT2D eigenvalue weighted by Gasteiger charge is 2.19. The van der Waals surface area contributed by atoms with E-state index in [2.05, 4.69) is 10.0 Å². The third-order valence-electron chi connectivity index (χ3n) is 3.48. The fourth-order valence-electron chi connectivity index (χ4n) is 1.85. The fraction of sp³-hybridized carbons (Fsp3) is 0.600. The first-order valence-corrected chi connectivity index (χ1v) is 8.98. The van der Waals surface area contributed by atoms with Crippen LogP contribution in [0.5, 0.6) is 5.75 Å². The number of nitrogens with one attached hydrogen (secondary N) is 2. The minimum absolute atomic E-state index is 0.0700. The van der Waals surface area contributed by atoms with Crippen LogP contribution in [0.15, 0.2) is 29.2 Å². The molecule has 0 bridgehead atoms. The SMILES string of the molecule is CCC(C)NS(=O)(=O)c1ccc(OCCNC2CC2)cc1. The van der Waals surface area contributed by atoms with Gasteiger partial charge in [-0.1, -0.05) is 6.92 Å². The lowest BCUT2D eigenvalue weighted by atomic mass is 10.3. The van der Waals surface area contributed by atoms with E-state index in [-0.39, 0.29) is 10.9 Å². The molecule has 0 radical (unpaired) electrons. The topological polar surface area (TPSA) is 67.4 Å². The lowest BCUT2D eigenvalue weighted by Crippen LogP contribution is -2.31. The van der Waals surface area contributed by atoms with Crippen molar-refractivity contribution in [1.29, 1.82) is 0 Å². The molecule has 1 aromatic carbocycles. The smallest absolute Gasteiger partial charge is 0.240 e. The largest absolute Gasteiger partial charge is 0.492 e. The summed E-state index contributed by atoms with van der Waals surface area (Å²) < 4.78 is 32.4. The lowest BCUT2D eigenvalue weighted by Gasteiger charge is -2.12. The van der Waals surface area contributed by atoms with Gasteiger partial charge < -0.3 is 10.1 Å². The van der Waals surface area contributed by atoms with Crippen molar-refractivity contribution in [3.05, 3.63) is 24.3 Å². The van der Waals surface area contributed by atoms with Crippen molar-refractivity contribution < 1.29 is 13.2 Å². The van der Waals surface area contributed by atoms with Gasteiger partial charge in [-0.15, -0.1) is 0 Å². The van der Waals surface area contributed by atoms with Crippen LogP contribution in [0, 0.1) is 0 Å². The zero-order chi connectivity index (χ0) is 15.3. The van der Waals surface area contributed by atoms with Gasteiger partial charge >= 0.3 is 0 Å². The Hall–Kier alpha value is -1.11. The molecule has 118 valence electrons. The van der Waals surface area contributed by atoms with Gasteiger partial charge in [0.1, 0.15) is 12.4 Å². The molecule has 1 saturated carbocycles. The number of ether oxygens (including phenoxy) is 1. The molecule has 0 amide bonds. The number of benzene rings is 1. The maximum absolute atomic E-state index is 12.1. The third kappa shape index (κ3) is 5.30. The summed E-state index contributed by atoms with van der Waals surface area (Å²) in [6.45, 7) is 5.20. The highest BCUT2D eigenvalue weighted by molar-refractivity contribution is 7.89. The van der Waals surface area contributed by atoms with Crippen LogP contribution in [0.4, 0.5) is 0 Å². The van der Waals surface area contributed by atoms with Crippen LogP contribution in [0.3, 0.4) is 0 Å². The first kappa shape index (κ1) is 16.3. The van der Waals surface area contributed by atoms with Gasteiger partial charge in [0.25, 0.3) is 0 Å². The average Bonchev–Trinajstić information content (AvgIpc) is 3.28. The Morgan fingerprint density at radius 1 is 1.29 bits per heavy atom. The van der Waals surface area contributed by atoms with Gasteiger partial charge in [0, 0.05) is 18.6 Å². The van der Waals surface area contributed by atoms with Crippen LogP contribution in [0.2, 0.25) is 0 Å². The van der Waals surface area contributed by atoms with Crippen molar-refractivity contribution in [3.8, 4) is 5.75 Å². The van der Waals surface area contributed by atoms with Crippen molar-refractivity contribution in [2.75, 3.05) is 13.2 Å². The van der Waals surface area contributed by atoms with Gasteiger partial charge in [-0.2, -0.15) is 0 Å². The van der Waals surface area contributed by atoms with E-state index < -0.39 is 10.0 Å². The van der Waals surface area contributed by atoms with E-state index in [1.807, 2.05) is 13.8 Å². The predicted molar refractivity (Wildman–Crippen MR) is 83.0 cm³/mol. The Balaban J connectivity index is 1.85. The van der Waals surface area contributed by atoms with Crippen LogP contribution in [-0.2, 0) is 10.0 Å². The second kappa shape index (κ2) is 7.24. The van der Waals surface area contributed by atoms with E-state index in [4.69, 9.17) is 4.74 Å². The summed E-state index contributed by atoms with van der Waals surface area (Å²) in [6.07, 6.45) is 3.28. The van der Waals surface area contributed by atoms with E-state index in [1.54, 1.807) is 24.3 Å². The maximum atomic E-state index is 12.1. The van der Waals surface area contributed by atoms with Crippen molar-refractivity contribution in [3.63, 3.8) is 0 Å². The quantitative estimate of drug-likeness (QED) is 0.683. The van der Waals surface area contributed by atoms with Gasteiger partial charge in [0.2, 0.25) is 10.0 Å². The molecule has 0 saturated heterocycles. The zero-order valence-corrected chi connectivity index (χ0v) is 13.4. The van der Waals surface area contributed by atoms with Crippen LogP contribution in [0.1, 0.15) is 33.1 Å². The molecule has 5 nitrogen and oxygen atoms in total. The minimum Gasteiger partial charge on any atom is -0.492 e. The fourth-order valence-corrected chi connectivity index (χ4v) is 3.18. The number of hydrogen-bond donors (Lipinski definition) is 2. The number of rotatable bonds is 9. The summed E-state index contributed by atoms with van der Waals surface area (Å²) in [4.78, 5) is 0.270. The lowest BCUT2D eigenvalue weighted by molar-refractivity contribution is 0.313. The molecule has 0 aliphatic heterocycles. The van der Waals surface area contributed by atoms with Crippen molar-refractivity contribution in [2.45, 2.75) is 50.1 Å². The van der Waals surface area contributed by atoms with E-state index >= 15 is 0 Å². The molecule has 1 fully saturated rings. The standard InChI is InChI=1S/C15H24N2O3S/c1-3-12(2)17-21(18,19)15-8-6-14(7-9-15)20-11-10-16-13-4-5-13/h6-9,12-13,16-17H,3-5,10-11H2,1-2H3. The molecule has 0 aromatic heterocycles. The van der Waals surface area contributed by atoms with Gasteiger partial charge in [-0.05, 0) is 50.5 Å². The predicted octanol–water partition coefficient (Wildman–Crippen LogP) is 1.89. The molecule has 1 unspecified atom stereocenters. The summed E-state index contributed by atoms with van der Waals surface area (Å²) in [5, 5.41) is 3.36. The first-order chi connectivity index (χ1) is 10.0. The normalized spacial score (nSPS) is 16.7. The Bertz CT molecular complexity index is 539. The molecule has 1 aliphatic rings. The minimum atomic E-state index is -3.43. The number of hydrogen-bond acceptors (Lipinski definition) is 4. The maximum Gasteiger partial charge on any atom is 0.240 e. The summed E-state index contributed by atoms with van der Waals surface area (Å²) in [6, 6.07) is 7.15. The zero-order valence-electron chi connectivity index (χ0n) is 12.6. The van der Waals surface area contributed by atoms with Gasteiger partial charge in [-0.3, -0.25) is 0 Å². The Morgan fingerprint density at radius 3 is 2.52 bits per heavy atom. The molecule has 0 spiro atoms. The molecule has 1 atom stereocenters. The van der Waals surface area contributed by atoms with Crippen LogP contribution < -0.4 is 14.8 Å². The van der Waals surface area contributed by atoms with Crippen LogP contribution in [-0.4, -0.2) is 33.7 Å². The first-order valence-electron chi connectivity index (χ1n) is 7.50. The van der Waals surface area contributed by atoms with Gasteiger partial charge in [0.05, 0.1) is 4.90 Å². The van der Waals surface area contributed by atoms with E-state index in [0.29, 0.717) is 18.4 Å². The molecule has 1 aromatic rings. The van der Waals surface area contributed by atoms with Crippen LogP contribution >= 0.6 is 0 Å². The summed E-state index contributed by atoms with van der Waals surface area (Å²) in [7, 11) is -3.43. The Morgan fingerprint density at radius 2 is 1.95 bits per heavy atom. The second-order valence-electron chi connectivity index (χ2n) is 5.48. The Kier molecular flexibility index (Phi) is 5.61. The molecule has 21 heavy (non-hydrogen) atoms. The summed E-state index contributed by atoms with van der Waals surface area (Å²) in [5.74, 6) is 0.690. The summed E-state index contributed by atoms with van der Waals surface area (Å²) in [5.41, 5.74) is 0. The van der Waals surface area contributed by atoms with E-state index in [9.17, 15) is 8.42 Å². The summed E-state index contributed by atoms with van der Waals surface area (Å²) >= 11 is 0. The average molecular weight is 312 g/mol. The van der Waals surface area contributed by atoms with Crippen molar-refractivity contribution in [2.24, 2.45) is 0 Å². The molecule has 1 aliphatic carbocycles. The van der Waals surface area contributed by atoms with Gasteiger partial charge in [0.15, 0.2) is 0 Å². The van der Waals surface area contributed by atoms with E-state index in [0.717, 1.165) is 13.0 Å². The highest BCUT2D eigenvalue weighted by Crippen LogP contribution is 2.18. The van der Waals surface area contributed by atoms with Crippen molar-refractivity contribution in [1.82, 2.24) is 10.0 Å². The molecular formula is C15H24N2O3S. The molecule has 0 heterocycles. The number of sulfonamides is 1. The monoisotopic (exact) mass is 312 g/mol. The molecule has 2 rings (SSSR count). The molecule has 2 N–H and O–H groups in total. The highest BCUT2D eigenvalue weighted by atomic mass is 32.2. The Labute approximate surface area is 127 Å². The second-order valence-corrected chi connectivity index (χ2v) is 7.19. The van der Waals surface area contributed by atoms with E-state index in [1.165, 1.54) is 12.8 Å². The van der Waals surface area contributed by atoms with Crippen molar-refractivity contribution >= 4 is 10.0 Å². The van der Waals surface area contributed by atoms with Crippen LogP contribution in [0.25, 0.3) is 0 Å².